The van der Waals surface area contributed by atoms with Gasteiger partial charge in [0.05, 0.1) is 0 Å². The maximum Gasteiger partial charge on any atom is 0.0496 e. The fraction of sp³-hybridized carbons (Fsp3) is 0.500. The number of hydrogen-bond acceptors (Lipinski definition) is 1. The van der Waals surface area contributed by atoms with Gasteiger partial charge in [-0.15, -0.1) is 0 Å². The van der Waals surface area contributed by atoms with Crippen molar-refractivity contribution in [2.45, 2.75) is 39.5 Å². The molecule has 16 heavy (non-hydrogen) atoms. The van der Waals surface area contributed by atoms with Crippen molar-refractivity contribution in [1.29, 1.82) is 0 Å². The van der Waals surface area contributed by atoms with Crippen LogP contribution < -0.4 is 0 Å². The Morgan fingerprint density at radius 2 is 2.12 bits per heavy atom. The van der Waals surface area contributed by atoms with Crippen molar-refractivity contribution in [1.82, 2.24) is 0 Å². The van der Waals surface area contributed by atoms with E-state index >= 15 is 0 Å². The molecular weight excluding hydrogens is 218 g/mol. The lowest BCUT2D eigenvalue weighted by Gasteiger charge is -2.10. The number of benzene rings is 1. The SMILES string of the molecule is CCCCN=Cc1c(Cl)cccc1C(C)C. The Hall–Kier alpha value is -0.820. The lowest BCUT2D eigenvalue weighted by Crippen LogP contribution is -1.97. The molecule has 0 N–H and O–H groups in total. The highest BCUT2D eigenvalue weighted by molar-refractivity contribution is 6.33. The number of halogens is 1. The summed E-state index contributed by atoms with van der Waals surface area (Å²) in [4.78, 5) is 4.43. The Morgan fingerprint density at radius 1 is 1.38 bits per heavy atom. The summed E-state index contributed by atoms with van der Waals surface area (Å²) in [7, 11) is 0. The van der Waals surface area contributed by atoms with Gasteiger partial charge < -0.3 is 0 Å². The van der Waals surface area contributed by atoms with E-state index in [4.69, 9.17) is 11.6 Å². The zero-order chi connectivity index (χ0) is 12.0. The molecule has 1 nitrogen and oxygen atoms in total. The van der Waals surface area contributed by atoms with Crippen LogP contribution in [0.4, 0.5) is 0 Å². The Bertz CT molecular complexity index is 356. The van der Waals surface area contributed by atoms with Gasteiger partial charge in [-0.1, -0.05) is 50.9 Å². The van der Waals surface area contributed by atoms with E-state index in [2.05, 4.69) is 31.8 Å². The molecule has 0 aromatic heterocycles. The van der Waals surface area contributed by atoms with Crippen molar-refractivity contribution >= 4 is 17.8 Å². The standard InChI is InChI=1S/C14H20ClN/c1-4-5-9-16-10-13-12(11(2)3)7-6-8-14(13)15/h6-8,10-11H,4-5,9H2,1-3H3. The minimum Gasteiger partial charge on any atom is -0.292 e. The molecule has 0 unspecified atom stereocenters. The number of hydrogen-bond donors (Lipinski definition) is 0. The van der Waals surface area contributed by atoms with Crippen molar-refractivity contribution in [3.8, 4) is 0 Å². The number of nitrogens with zero attached hydrogens (tertiary/aromatic N) is 1. The topological polar surface area (TPSA) is 12.4 Å². The van der Waals surface area contributed by atoms with E-state index < -0.39 is 0 Å². The lowest BCUT2D eigenvalue weighted by molar-refractivity contribution is 0.809. The normalized spacial score (nSPS) is 11.6. The average molecular weight is 238 g/mol. The third-order valence-corrected chi connectivity index (χ3v) is 2.90. The number of rotatable bonds is 5. The monoisotopic (exact) mass is 237 g/mol. The van der Waals surface area contributed by atoms with Crippen LogP contribution in [0, 0.1) is 0 Å². The fourth-order valence-corrected chi connectivity index (χ4v) is 1.83. The molecule has 0 spiro atoms. The van der Waals surface area contributed by atoms with Gasteiger partial charge in [-0.2, -0.15) is 0 Å². The molecule has 0 fully saturated rings. The molecule has 1 aromatic carbocycles. The Labute approximate surface area is 104 Å². The molecule has 0 atom stereocenters. The first-order chi connectivity index (χ1) is 7.66. The second-order valence-electron chi connectivity index (χ2n) is 4.29. The molecule has 0 aliphatic heterocycles. The predicted molar refractivity (Wildman–Crippen MR) is 72.9 cm³/mol. The molecule has 0 saturated carbocycles. The fourth-order valence-electron chi connectivity index (χ4n) is 1.60. The van der Waals surface area contributed by atoms with Crippen molar-refractivity contribution < 1.29 is 0 Å². The first kappa shape index (κ1) is 13.2. The smallest absolute Gasteiger partial charge is 0.0496 e. The van der Waals surface area contributed by atoms with E-state index in [1.165, 1.54) is 12.0 Å². The molecule has 0 saturated heterocycles. The zero-order valence-corrected chi connectivity index (χ0v) is 11.1. The zero-order valence-electron chi connectivity index (χ0n) is 10.3. The lowest BCUT2D eigenvalue weighted by atomic mass is 9.98. The van der Waals surface area contributed by atoms with E-state index in [1.54, 1.807) is 0 Å². The van der Waals surface area contributed by atoms with Gasteiger partial charge in [0.15, 0.2) is 0 Å². The Kier molecular flexibility index (Phi) is 5.54. The van der Waals surface area contributed by atoms with Crippen molar-refractivity contribution in [2.24, 2.45) is 4.99 Å². The van der Waals surface area contributed by atoms with E-state index in [1.807, 2.05) is 18.3 Å². The third kappa shape index (κ3) is 3.64. The molecule has 1 aromatic rings. The third-order valence-electron chi connectivity index (χ3n) is 2.57. The van der Waals surface area contributed by atoms with Crippen molar-refractivity contribution in [3.63, 3.8) is 0 Å². The summed E-state index contributed by atoms with van der Waals surface area (Å²) in [6, 6.07) is 6.05. The molecule has 0 aliphatic carbocycles. The summed E-state index contributed by atoms with van der Waals surface area (Å²) in [5.41, 5.74) is 2.35. The molecule has 2 heteroatoms. The Balaban J connectivity index is 2.88. The van der Waals surface area contributed by atoms with Crippen LogP contribution in [0.3, 0.4) is 0 Å². The number of aliphatic imine (C=N–C) groups is 1. The molecule has 0 radical (unpaired) electrons. The Morgan fingerprint density at radius 3 is 2.75 bits per heavy atom. The van der Waals surface area contributed by atoms with Crippen LogP contribution in [0.25, 0.3) is 0 Å². The van der Waals surface area contributed by atoms with Gasteiger partial charge in [0, 0.05) is 23.3 Å². The van der Waals surface area contributed by atoms with Gasteiger partial charge in [0.2, 0.25) is 0 Å². The van der Waals surface area contributed by atoms with Crippen LogP contribution in [0.5, 0.6) is 0 Å². The van der Waals surface area contributed by atoms with Crippen LogP contribution in [0.2, 0.25) is 5.02 Å². The highest BCUT2D eigenvalue weighted by Gasteiger charge is 2.07. The first-order valence-electron chi connectivity index (χ1n) is 5.95. The van der Waals surface area contributed by atoms with Gasteiger partial charge in [-0.25, -0.2) is 0 Å². The van der Waals surface area contributed by atoms with Gasteiger partial charge in [0.1, 0.15) is 0 Å². The molecule has 1 rings (SSSR count). The highest BCUT2D eigenvalue weighted by Crippen LogP contribution is 2.24. The van der Waals surface area contributed by atoms with E-state index in [-0.39, 0.29) is 0 Å². The van der Waals surface area contributed by atoms with Crippen molar-refractivity contribution in [2.75, 3.05) is 6.54 Å². The second-order valence-corrected chi connectivity index (χ2v) is 4.69. The predicted octanol–water partition coefficient (Wildman–Crippen LogP) is 4.68. The molecule has 88 valence electrons. The summed E-state index contributed by atoms with van der Waals surface area (Å²) >= 11 is 6.20. The second kappa shape index (κ2) is 6.70. The molecule has 0 bridgehead atoms. The maximum atomic E-state index is 6.20. The van der Waals surface area contributed by atoms with Crippen LogP contribution in [0.15, 0.2) is 23.2 Å². The van der Waals surface area contributed by atoms with Gasteiger partial charge in [0.25, 0.3) is 0 Å². The van der Waals surface area contributed by atoms with Crippen LogP contribution >= 0.6 is 11.6 Å². The summed E-state index contributed by atoms with van der Waals surface area (Å²) in [6.07, 6.45) is 4.24. The van der Waals surface area contributed by atoms with Gasteiger partial charge >= 0.3 is 0 Å². The molecular formula is C14H20ClN. The van der Waals surface area contributed by atoms with Crippen molar-refractivity contribution in [3.05, 3.63) is 34.3 Å². The molecule has 0 amide bonds. The van der Waals surface area contributed by atoms with Crippen LogP contribution in [0.1, 0.15) is 50.7 Å². The molecule has 0 heterocycles. The number of unbranched alkanes of at least 4 members (excludes halogenated alkanes) is 1. The minimum atomic E-state index is 0.478. The highest BCUT2D eigenvalue weighted by atomic mass is 35.5. The quantitative estimate of drug-likeness (QED) is 0.521. The van der Waals surface area contributed by atoms with Crippen LogP contribution in [-0.4, -0.2) is 12.8 Å². The summed E-state index contributed by atoms with van der Waals surface area (Å²) in [5.74, 6) is 0.478. The maximum absolute atomic E-state index is 6.20. The first-order valence-corrected chi connectivity index (χ1v) is 6.32. The summed E-state index contributed by atoms with van der Waals surface area (Å²) in [5, 5.41) is 0.798. The summed E-state index contributed by atoms with van der Waals surface area (Å²) < 4.78 is 0. The van der Waals surface area contributed by atoms with Crippen LogP contribution in [-0.2, 0) is 0 Å². The minimum absolute atomic E-state index is 0.478. The van der Waals surface area contributed by atoms with Gasteiger partial charge in [-0.05, 0) is 24.0 Å². The molecule has 0 aliphatic rings. The summed E-state index contributed by atoms with van der Waals surface area (Å²) in [6.45, 7) is 7.41. The average Bonchev–Trinajstić information content (AvgIpc) is 2.25. The van der Waals surface area contributed by atoms with E-state index in [9.17, 15) is 0 Å². The van der Waals surface area contributed by atoms with Gasteiger partial charge in [-0.3, -0.25) is 4.99 Å². The van der Waals surface area contributed by atoms with E-state index in [0.29, 0.717) is 5.92 Å². The largest absolute Gasteiger partial charge is 0.292 e. The van der Waals surface area contributed by atoms with E-state index in [0.717, 1.165) is 23.6 Å².